The number of carbonyl (C=O) groups excluding carboxylic acids is 1. The summed E-state index contributed by atoms with van der Waals surface area (Å²) in [6.45, 7) is 7.34. The number of piperidine rings is 1. The fourth-order valence-corrected chi connectivity index (χ4v) is 3.85. The molecule has 8 nitrogen and oxygen atoms in total. The van der Waals surface area contributed by atoms with E-state index in [-0.39, 0.29) is 11.9 Å². The summed E-state index contributed by atoms with van der Waals surface area (Å²) in [7, 11) is 0. The van der Waals surface area contributed by atoms with E-state index in [1.54, 1.807) is 6.33 Å². The van der Waals surface area contributed by atoms with Crippen molar-refractivity contribution in [2.45, 2.75) is 45.7 Å². The monoisotopic (exact) mass is 396 g/mol. The first kappa shape index (κ1) is 19.6. The van der Waals surface area contributed by atoms with Gasteiger partial charge >= 0.3 is 0 Å². The van der Waals surface area contributed by atoms with Gasteiger partial charge in [0.15, 0.2) is 5.82 Å². The van der Waals surface area contributed by atoms with E-state index >= 15 is 0 Å². The van der Waals surface area contributed by atoms with Crippen LogP contribution in [0.3, 0.4) is 0 Å². The van der Waals surface area contributed by atoms with Crippen LogP contribution in [0.1, 0.15) is 44.4 Å². The van der Waals surface area contributed by atoms with E-state index in [4.69, 9.17) is 4.52 Å². The van der Waals surface area contributed by atoms with Crippen molar-refractivity contribution in [1.82, 2.24) is 29.9 Å². The highest BCUT2D eigenvalue weighted by molar-refractivity contribution is 5.83. The third kappa shape index (κ3) is 4.48. The largest absolute Gasteiger partial charge is 0.354 e. The Morgan fingerprint density at radius 2 is 2.10 bits per heavy atom. The summed E-state index contributed by atoms with van der Waals surface area (Å²) >= 11 is 0. The fourth-order valence-electron chi connectivity index (χ4n) is 3.85. The number of nitrogens with zero attached hydrogens (tertiary/aromatic N) is 5. The number of aryl methyl sites for hydroxylation is 1. The normalized spacial score (nSPS) is 16.9. The van der Waals surface area contributed by atoms with Crippen LogP contribution in [0.2, 0.25) is 0 Å². The van der Waals surface area contributed by atoms with Crippen molar-refractivity contribution in [3.63, 3.8) is 0 Å². The molecule has 1 aliphatic rings. The van der Waals surface area contributed by atoms with Crippen molar-refractivity contribution in [3.8, 4) is 0 Å². The SMILES string of the molecule is CCc1nc(CN2CCC(CNC(=O)C(C)n3cnc4ccccc43)CC2)no1. The van der Waals surface area contributed by atoms with E-state index in [1.165, 1.54) is 0 Å². The lowest BCUT2D eigenvalue weighted by molar-refractivity contribution is -0.124. The van der Waals surface area contributed by atoms with E-state index in [0.717, 1.165) is 55.8 Å². The molecular formula is C21H28N6O2. The first-order chi connectivity index (χ1) is 14.1. The Hall–Kier alpha value is -2.74. The van der Waals surface area contributed by atoms with Crippen molar-refractivity contribution in [1.29, 1.82) is 0 Å². The molecule has 1 saturated heterocycles. The highest BCUT2D eigenvalue weighted by Gasteiger charge is 2.23. The van der Waals surface area contributed by atoms with Crippen molar-refractivity contribution < 1.29 is 9.32 Å². The summed E-state index contributed by atoms with van der Waals surface area (Å²) < 4.78 is 7.11. The highest BCUT2D eigenvalue weighted by atomic mass is 16.5. The lowest BCUT2D eigenvalue weighted by Crippen LogP contribution is -2.40. The minimum Gasteiger partial charge on any atom is -0.354 e. The van der Waals surface area contributed by atoms with E-state index < -0.39 is 0 Å². The average molecular weight is 396 g/mol. The minimum atomic E-state index is -0.284. The average Bonchev–Trinajstić information content (AvgIpc) is 3.39. The maximum Gasteiger partial charge on any atom is 0.242 e. The number of imidazole rings is 1. The Kier molecular flexibility index (Phi) is 5.89. The smallest absolute Gasteiger partial charge is 0.242 e. The van der Waals surface area contributed by atoms with Gasteiger partial charge in [-0.3, -0.25) is 9.69 Å². The van der Waals surface area contributed by atoms with Crippen LogP contribution in [0.5, 0.6) is 0 Å². The van der Waals surface area contributed by atoms with Crippen molar-refractivity contribution in [2.24, 2.45) is 5.92 Å². The van der Waals surface area contributed by atoms with Crippen LogP contribution in [-0.4, -0.2) is 50.1 Å². The van der Waals surface area contributed by atoms with E-state index in [9.17, 15) is 4.79 Å². The second kappa shape index (κ2) is 8.73. The molecule has 1 aromatic carbocycles. The molecule has 1 unspecified atom stereocenters. The van der Waals surface area contributed by atoms with Crippen LogP contribution in [0.15, 0.2) is 35.1 Å². The number of hydrogen-bond donors (Lipinski definition) is 1. The number of aromatic nitrogens is 4. The second-order valence-corrected chi connectivity index (χ2v) is 7.74. The van der Waals surface area contributed by atoms with Gasteiger partial charge in [0.25, 0.3) is 0 Å². The predicted molar refractivity (Wildman–Crippen MR) is 109 cm³/mol. The van der Waals surface area contributed by atoms with Gasteiger partial charge in [0.2, 0.25) is 11.8 Å². The molecule has 29 heavy (non-hydrogen) atoms. The number of amides is 1. The Morgan fingerprint density at radius 3 is 2.86 bits per heavy atom. The molecule has 0 saturated carbocycles. The molecule has 0 aliphatic carbocycles. The molecule has 1 atom stereocenters. The molecule has 8 heteroatoms. The Bertz CT molecular complexity index is 957. The van der Waals surface area contributed by atoms with Gasteiger partial charge in [-0.15, -0.1) is 0 Å². The number of hydrogen-bond acceptors (Lipinski definition) is 6. The molecule has 0 radical (unpaired) electrons. The standard InChI is InChI=1S/C21H28N6O2/c1-3-20-24-19(25-29-20)13-26-10-8-16(9-11-26)12-22-21(28)15(2)27-14-23-17-6-4-5-7-18(17)27/h4-7,14-16H,3,8-13H2,1-2H3,(H,22,28). The molecule has 4 rings (SSSR count). The number of benzene rings is 1. The maximum absolute atomic E-state index is 12.7. The first-order valence-corrected chi connectivity index (χ1v) is 10.4. The highest BCUT2D eigenvalue weighted by Crippen LogP contribution is 2.20. The Balaban J connectivity index is 1.24. The van der Waals surface area contributed by atoms with Gasteiger partial charge in [0.1, 0.15) is 6.04 Å². The van der Waals surface area contributed by atoms with E-state index in [1.807, 2.05) is 42.7 Å². The quantitative estimate of drug-likeness (QED) is 0.660. The van der Waals surface area contributed by atoms with Gasteiger partial charge < -0.3 is 14.4 Å². The van der Waals surface area contributed by atoms with Crippen LogP contribution in [0.25, 0.3) is 11.0 Å². The summed E-state index contributed by atoms with van der Waals surface area (Å²) in [5.41, 5.74) is 1.89. The zero-order chi connectivity index (χ0) is 20.2. The molecule has 1 aliphatic heterocycles. The molecular weight excluding hydrogens is 368 g/mol. The summed E-state index contributed by atoms with van der Waals surface area (Å²) in [5.74, 6) is 1.99. The second-order valence-electron chi connectivity index (χ2n) is 7.74. The topological polar surface area (TPSA) is 89.1 Å². The van der Waals surface area contributed by atoms with Gasteiger partial charge in [-0.2, -0.15) is 4.98 Å². The molecule has 3 heterocycles. The molecule has 154 valence electrons. The van der Waals surface area contributed by atoms with Gasteiger partial charge in [-0.1, -0.05) is 24.2 Å². The molecule has 2 aromatic heterocycles. The van der Waals surface area contributed by atoms with Gasteiger partial charge in [0, 0.05) is 13.0 Å². The molecule has 0 bridgehead atoms. The first-order valence-electron chi connectivity index (χ1n) is 10.4. The zero-order valence-electron chi connectivity index (χ0n) is 17.0. The lowest BCUT2D eigenvalue weighted by Gasteiger charge is -2.31. The maximum atomic E-state index is 12.7. The molecule has 0 spiro atoms. The van der Waals surface area contributed by atoms with Crippen LogP contribution in [0, 0.1) is 5.92 Å². The summed E-state index contributed by atoms with van der Waals surface area (Å²) in [5, 5.41) is 7.17. The third-order valence-electron chi connectivity index (χ3n) is 5.73. The van der Waals surface area contributed by atoms with Gasteiger partial charge in [-0.25, -0.2) is 4.98 Å². The molecule has 1 amide bonds. The van der Waals surface area contributed by atoms with Crippen LogP contribution in [0.4, 0.5) is 0 Å². The van der Waals surface area contributed by atoms with Crippen LogP contribution >= 0.6 is 0 Å². The number of fused-ring (bicyclic) bond motifs is 1. The predicted octanol–water partition coefficient (Wildman–Crippen LogP) is 2.57. The fraction of sp³-hybridized carbons (Fsp3) is 0.524. The number of likely N-dealkylation sites (tertiary alicyclic amines) is 1. The van der Waals surface area contributed by atoms with Crippen molar-refractivity contribution in [3.05, 3.63) is 42.3 Å². The molecule has 3 aromatic rings. The van der Waals surface area contributed by atoms with Crippen LogP contribution in [-0.2, 0) is 17.8 Å². The Morgan fingerprint density at radius 1 is 1.31 bits per heavy atom. The summed E-state index contributed by atoms with van der Waals surface area (Å²) in [4.78, 5) is 23.8. The summed E-state index contributed by atoms with van der Waals surface area (Å²) in [6, 6.07) is 7.60. The van der Waals surface area contributed by atoms with Crippen LogP contribution < -0.4 is 5.32 Å². The Labute approximate surface area is 170 Å². The number of para-hydroxylation sites is 2. The van der Waals surface area contributed by atoms with Gasteiger partial charge in [-0.05, 0) is 50.9 Å². The van der Waals surface area contributed by atoms with Gasteiger partial charge in [0.05, 0.1) is 23.9 Å². The van der Waals surface area contributed by atoms with Crippen molar-refractivity contribution >= 4 is 16.9 Å². The number of carbonyl (C=O) groups is 1. The molecule has 1 N–H and O–H groups in total. The minimum absolute atomic E-state index is 0.0366. The van der Waals surface area contributed by atoms with Crippen molar-refractivity contribution in [2.75, 3.05) is 19.6 Å². The van der Waals surface area contributed by atoms with E-state index in [2.05, 4.69) is 25.3 Å². The number of rotatable bonds is 7. The van der Waals surface area contributed by atoms with E-state index in [0.29, 0.717) is 18.4 Å². The molecule has 1 fully saturated rings. The summed E-state index contributed by atoms with van der Waals surface area (Å²) in [6.07, 6.45) is 4.62. The lowest BCUT2D eigenvalue weighted by atomic mass is 9.96. The number of nitrogens with one attached hydrogen (secondary N) is 1. The third-order valence-corrected chi connectivity index (χ3v) is 5.73. The zero-order valence-corrected chi connectivity index (χ0v) is 17.0.